The Morgan fingerprint density at radius 3 is 2.04 bits per heavy atom. The molecule has 28 heavy (non-hydrogen) atoms. The van der Waals surface area contributed by atoms with Gasteiger partial charge in [0.15, 0.2) is 5.13 Å². The summed E-state index contributed by atoms with van der Waals surface area (Å²) in [5, 5.41) is 4.85. The highest BCUT2D eigenvalue weighted by Crippen LogP contribution is 2.30. The van der Waals surface area contributed by atoms with Gasteiger partial charge in [0.05, 0.1) is 11.3 Å². The summed E-state index contributed by atoms with van der Waals surface area (Å²) in [7, 11) is 0. The molecule has 3 nitrogen and oxygen atoms in total. The van der Waals surface area contributed by atoms with E-state index in [1.807, 2.05) is 17.5 Å². The quantitative estimate of drug-likeness (QED) is 0.550. The molecule has 0 saturated heterocycles. The van der Waals surface area contributed by atoms with Gasteiger partial charge in [-0.25, -0.2) is 4.98 Å². The molecule has 3 aromatic rings. The molecule has 146 valence electrons. The maximum Gasteiger partial charge on any atom is 0.416 e. The number of hydrogen-bond donors (Lipinski definition) is 1. The van der Waals surface area contributed by atoms with Gasteiger partial charge in [-0.05, 0) is 35.2 Å². The number of halogens is 3. The second kappa shape index (κ2) is 7.39. The van der Waals surface area contributed by atoms with E-state index < -0.39 is 17.6 Å². The van der Waals surface area contributed by atoms with Gasteiger partial charge >= 0.3 is 6.18 Å². The first-order chi connectivity index (χ1) is 13.0. The fourth-order valence-electron chi connectivity index (χ4n) is 2.58. The van der Waals surface area contributed by atoms with Crippen molar-refractivity contribution in [3.63, 3.8) is 0 Å². The number of carbonyl (C=O) groups excluding carboxylic acids is 1. The van der Waals surface area contributed by atoms with Crippen molar-refractivity contribution in [2.45, 2.75) is 32.4 Å². The summed E-state index contributed by atoms with van der Waals surface area (Å²) in [4.78, 5) is 16.7. The molecule has 0 spiro atoms. The number of amides is 1. The minimum atomic E-state index is -4.43. The standard InChI is InChI=1S/C21H19F3N2OS/c1-20(2,3)15-8-4-13(5-9-15)17-12-28-19(25-17)26-18(27)14-6-10-16(11-7-14)21(22,23)24/h4-12H,1-3H3,(H,25,26,27). The molecule has 0 aliphatic rings. The number of anilines is 1. The van der Waals surface area contributed by atoms with E-state index in [1.165, 1.54) is 16.9 Å². The van der Waals surface area contributed by atoms with Crippen molar-refractivity contribution < 1.29 is 18.0 Å². The highest BCUT2D eigenvalue weighted by atomic mass is 32.1. The molecule has 1 amide bonds. The van der Waals surface area contributed by atoms with Crippen LogP contribution in [0.3, 0.4) is 0 Å². The Balaban J connectivity index is 1.71. The van der Waals surface area contributed by atoms with Crippen LogP contribution in [-0.4, -0.2) is 10.9 Å². The third kappa shape index (κ3) is 4.59. The van der Waals surface area contributed by atoms with Crippen LogP contribution in [0.4, 0.5) is 18.3 Å². The fourth-order valence-corrected chi connectivity index (χ4v) is 3.30. The number of rotatable bonds is 3. The smallest absolute Gasteiger partial charge is 0.298 e. The van der Waals surface area contributed by atoms with E-state index in [0.29, 0.717) is 5.13 Å². The monoisotopic (exact) mass is 404 g/mol. The normalized spacial score (nSPS) is 12.1. The van der Waals surface area contributed by atoms with Crippen LogP contribution in [0, 0.1) is 0 Å². The average molecular weight is 404 g/mol. The molecular formula is C21H19F3N2OS. The number of thiazole rings is 1. The van der Waals surface area contributed by atoms with Crippen LogP contribution in [0.15, 0.2) is 53.9 Å². The van der Waals surface area contributed by atoms with Crippen molar-refractivity contribution in [3.8, 4) is 11.3 Å². The van der Waals surface area contributed by atoms with Crippen LogP contribution in [0.2, 0.25) is 0 Å². The van der Waals surface area contributed by atoms with Gasteiger partial charge in [-0.3, -0.25) is 10.1 Å². The van der Waals surface area contributed by atoms with Gasteiger partial charge in [-0.2, -0.15) is 13.2 Å². The highest BCUT2D eigenvalue weighted by Gasteiger charge is 2.30. The molecular weight excluding hydrogens is 385 g/mol. The number of nitrogens with one attached hydrogen (secondary N) is 1. The maximum atomic E-state index is 12.6. The van der Waals surface area contributed by atoms with E-state index in [4.69, 9.17) is 0 Å². The summed E-state index contributed by atoms with van der Waals surface area (Å²) in [5.41, 5.74) is 2.27. The largest absolute Gasteiger partial charge is 0.416 e. The van der Waals surface area contributed by atoms with E-state index in [2.05, 4.69) is 43.2 Å². The number of hydrogen-bond acceptors (Lipinski definition) is 3. The Hall–Kier alpha value is -2.67. The minimum Gasteiger partial charge on any atom is -0.298 e. The first-order valence-corrected chi connectivity index (χ1v) is 9.47. The molecule has 0 atom stereocenters. The second-order valence-corrected chi connectivity index (χ2v) is 8.25. The molecule has 0 unspecified atom stereocenters. The lowest BCUT2D eigenvalue weighted by molar-refractivity contribution is -0.137. The SMILES string of the molecule is CC(C)(C)c1ccc(-c2csc(NC(=O)c3ccc(C(F)(F)F)cc3)n2)cc1. The average Bonchev–Trinajstić information content (AvgIpc) is 3.09. The summed E-state index contributed by atoms with van der Waals surface area (Å²) < 4.78 is 37.8. The van der Waals surface area contributed by atoms with Crippen LogP contribution in [-0.2, 0) is 11.6 Å². The zero-order valence-electron chi connectivity index (χ0n) is 15.6. The summed E-state index contributed by atoms with van der Waals surface area (Å²) in [5.74, 6) is -0.502. The summed E-state index contributed by atoms with van der Waals surface area (Å²) >= 11 is 1.26. The molecule has 2 aromatic carbocycles. The third-order valence-corrected chi connectivity index (χ3v) is 5.00. The summed E-state index contributed by atoms with van der Waals surface area (Å²) in [6.45, 7) is 6.42. The van der Waals surface area contributed by atoms with Crippen molar-refractivity contribution in [1.82, 2.24) is 4.98 Å². The maximum absolute atomic E-state index is 12.6. The van der Waals surface area contributed by atoms with Crippen molar-refractivity contribution in [1.29, 1.82) is 0 Å². The van der Waals surface area contributed by atoms with Crippen molar-refractivity contribution >= 4 is 22.4 Å². The van der Waals surface area contributed by atoms with Crippen LogP contribution in [0.1, 0.15) is 42.3 Å². The Bertz CT molecular complexity index is 969. The van der Waals surface area contributed by atoms with E-state index in [9.17, 15) is 18.0 Å². The van der Waals surface area contributed by atoms with Gasteiger partial charge in [-0.15, -0.1) is 11.3 Å². The van der Waals surface area contributed by atoms with E-state index in [-0.39, 0.29) is 11.0 Å². The predicted molar refractivity (Wildman–Crippen MR) is 106 cm³/mol. The predicted octanol–water partition coefficient (Wildman–Crippen LogP) is 6.38. The van der Waals surface area contributed by atoms with E-state index >= 15 is 0 Å². The molecule has 1 heterocycles. The second-order valence-electron chi connectivity index (χ2n) is 7.39. The fraction of sp³-hybridized carbons (Fsp3) is 0.238. The van der Waals surface area contributed by atoms with Crippen molar-refractivity contribution in [3.05, 3.63) is 70.6 Å². The third-order valence-electron chi connectivity index (χ3n) is 4.25. The van der Waals surface area contributed by atoms with Crippen LogP contribution in [0.25, 0.3) is 11.3 Å². The number of aromatic nitrogens is 1. The Morgan fingerprint density at radius 2 is 1.50 bits per heavy atom. The van der Waals surface area contributed by atoms with Crippen LogP contribution >= 0.6 is 11.3 Å². The molecule has 1 N–H and O–H groups in total. The van der Waals surface area contributed by atoms with E-state index in [0.717, 1.165) is 35.5 Å². The van der Waals surface area contributed by atoms with Gasteiger partial charge in [0.2, 0.25) is 0 Å². The number of carbonyl (C=O) groups is 1. The van der Waals surface area contributed by atoms with Gasteiger partial charge in [0.25, 0.3) is 5.91 Å². The Kier molecular flexibility index (Phi) is 5.30. The first kappa shape index (κ1) is 20.1. The van der Waals surface area contributed by atoms with E-state index in [1.54, 1.807) is 0 Å². The zero-order chi connectivity index (χ0) is 20.5. The molecule has 0 aliphatic carbocycles. The molecule has 7 heteroatoms. The molecule has 0 fully saturated rings. The highest BCUT2D eigenvalue weighted by molar-refractivity contribution is 7.14. The van der Waals surface area contributed by atoms with Crippen LogP contribution < -0.4 is 5.32 Å². The van der Waals surface area contributed by atoms with Crippen molar-refractivity contribution in [2.24, 2.45) is 0 Å². The van der Waals surface area contributed by atoms with Crippen molar-refractivity contribution in [2.75, 3.05) is 5.32 Å². The molecule has 0 bridgehead atoms. The lowest BCUT2D eigenvalue weighted by atomic mass is 9.86. The summed E-state index contributed by atoms with van der Waals surface area (Å²) in [6.07, 6.45) is -4.43. The molecule has 3 rings (SSSR count). The number of benzene rings is 2. The Morgan fingerprint density at radius 1 is 0.929 bits per heavy atom. The lowest BCUT2D eigenvalue weighted by Gasteiger charge is -2.18. The first-order valence-electron chi connectivity index (χ1n) is 8.59. The minimum absolute atomic E-state index is 0.0569. The molecule has 0 saturated carbocycles. The Labute approximate surface area is 165 Å². The van der Waals surface area contributed by atoms with Gasteiger partial charge in [0.1, 0.15) is 0 Å². The zero-order valence-corrected chi connectivity index (χ0v) is 16.4. The lowest BCUT2D eigenvalue weighted by Crippen LogP contribution is -2.12. The van der Waals surface area contributed by atoms with Crippen LogP contribution in [0.5, 0.6) is 0 Å². The van der Waals surface area contributed by atoms with Gasteiger partial charge in [-0.1, -0.05) is 45.0 Å². The van der Waals surface area contributed by atoms with Gasteiger partial charge < -0.3 is 0 Å². The van der Waals surface area contributed by atoms with Gasteiger partial charge in [0, 0.05) is 16.5 Å². The topological polar surface area (TPSA) is 42.0 Å². The molecule has 1 aromatic heterocycles. The molecule has 0 radical (unpaired) electrons. The number of alkyl halides is 3. The molecule has 0 aliphatic heterocycles. The number of nitrogens with zero attached hydrogens (tertiary/aromatic N) is 1. The summed E-state index contributed by atoms with van der Waals surface area (Å²) in [6, 6.07) is 12.1.